The van der Waals surface area contributed by atoms with Crippen molar-refractivity contribution < 1.29 is 19.3 Å². The van der Waals surface area contributed by atoms with Gasteiger partial charge in [-0.3, -0.25) is 4.79 Å². The molecule has 0 amide bonds. The molecule has 4 nitrogen and oxygen atoms in total. The summed E-state index contributed by atoms with van der Waals surface area (Å²) in [7, 11) is 1.42. The Balaban J connectivity index is 2.25. The van der Waals surface area contributed by atoms with Crippen LogP contribution in [0.15, 0.2) is 12.1 Å². The maximum Gasteiger partial charge on any atom is 0.305 e. The predicted octanol–water partition coefficient (Wildman–Crippen LogP) is 2.80. The van der Waals surface area contributed by atoms with Gasteiger partial charge in [-0.05, 0) is 37.0 Å². The topological polar surface area (TPSA) is 44.8 Å². The Kier molecular flexibility index (Phi) is 4.56. The molecule has 0 spiro atoms. The second kappa shape index (κ2) is 6.17. The van der Waals surface area contributed by atoms with Gasteiger partial charge in [0, 0.05) is 12.8 Å². The molecule has 1 fully saturated rings. The highest BCUT2D eigenvalue weighted by Crippen LogP contribution is 2.33. The van der Waals surface area contributed by atoms with Gasteiger partial charge in [-0.1, -0.05) is 17.7 Å². The molecule has 0 bridgehead atoms. The van der Waals surface area contributed by atoms with Gasteiger partial charge >= 0.3 is 5.97 Å². The van der Waals surface area contributed by atoms with Crippen LogP contribution in [-0.2, 0) is 25.7 Å². The number of rotatable bonds is 4. The number of carbonyl (C=O) groups is 1. The molecule has 0 N–H and O–H groups in total. The van der Waals surface area contributed by atoms with Gasteiger partial charge in [0.25, 0.3) is 0 Å². The first-order chi connectivity index (χ1) is 9.11. The Morgan fingerprint density at radius 3 is 2.84 bits per heavy atom. The minimum absolute atomic E-state index is 0.0201. The fourth-order valence-electron chi connectivity index (χ4n) is 2.60. The summed E-state index contributed by atoms with van der Waals surface area (Å²) in [6.45, 7) is 4.75. The van der Waals surface area contributed by atoms with Crippen molar-refractivity contribution >= 4 is 5.97 Å². The van der Waals surface area contributed by atoms with Crippen LogP contribution in [0.2, 0.25) is 0 Å². The minimum Gasteiger partial charge on any atom is -0.469 e. The molecule has 1 aliphatic heterocycles. The number of ether oxygens (including phenoxy) is 1. The zero-order valence-corrected chi connectivity index (χ0v) is 11.7. The monoisotopic (exact) mass is 264 g/mol. The van der Waals surface area contributed by atoms with Crippen molar-refractivity contribution in [1.29, 1.82) is 0 Å². The average molecular weight is 264 g/mol. The smallest absolute Gasteiger partial charge is 0.305 e. The van der Waals surface area contributed by atoms with Crippen molar-refractivity contribution in [2.75, 3.05) is 13.7 Å². The molecule has 1 heterocycles. The van der Waals surface area contributed by atoms with Crippen molar-refractivity contribution in [1.82, 2.24) is 0 Å². The van der Waals surface area contributed by atoms with Gasteiger partial charge in [-0.15, -0.1) is 0 Å². The highest BCUT2D eigenvalue weighted by molar-refractivity contribution is 5.69. The molecular weight excluding hydrogens is 244 g/mol. The molecule has 0 saturated carbocycles. The number of methoxy groups -OCH3 is 1. The summed E-state index contributed by atoms with van der Waals surface area (Å²) in [6, 6.07) is 4.26. The molecule has 1 aromatic carbocycles. The average Bonchev–Trinajstić information content (AvgIpc) is 2.88. The summed E-state index contributed by atoms with van der Waals surface area (Å²) in [4.78, 5) is 21.6. The highest BCUT2D eigenvalue weighted by Gasteiger charge is 2.24. The summed E-state index contributed by atoms with van der Waals surface area (Å²) < 4.78 is 4.70. The molecule has 0 aromatic heterocycles. The van der Waals surface area contributed by atoms with Gasteiger partial charge in [-0.2, -0.15) is 0 Å². The number of aryl methyl sites for hydroxylation is 3. The molecule has 0 radical (unpaired) electrons. The first-order valence-electron chi connectivity index (χ1n) is 6.57. The SMILES string of the molecule is COC(=O)CCc1cc(C)cc(C)c1C1CCOO1. The maximum absolute atomic E-state index is 11.3. The van der Waals surface area contributed by atoms with Crippen LogP contribution in [0, 0.1) is 13.8 Å². The molecule has 19 heavy (non-hydrogen) atoms. The number of hydrogen-bond donors (Lipinski definition) is 0. The fraction of sp³-hybridized carbons (Fsp3) is 0.533. The zero-order chi connectivity index (χ0) is 13.8. The maximum atomic E-state index is 11.3. The van der Waals surface area contributed by atoms with Crippen LogP contribution < -0.4 is 0 Å². The molecular formula is C15H20O4. The van der Waals surface area contributed by atoms with Crippen LogP contribution in [-0.4, -0.2) is 19.7 Å². The molecule has 104 valence electrons. The standard InChI is InChI=1S/C15H20O4/c1-10-8-11(2)15(13-6-7-18-19-13)12(9-10)4-5-14(16)17-3/h8-9,13H,4-7H2,1-3H3. The lowest BCUT2D eigenvalue weighted by Gasteiger charge is -2.17. The molecule has 1 aromatic rings. The molecule has 0 aliphatic carbocycles. The Hall–Kier alpha value is -1.39. The van der Waals surface area contributed by atoms with Crippen LogP contribution in [0.25, 0.3) is 0 Å². The summed E-state index contributed by atoms with van der Waals surface area (Å²) in [5, 5.41) is 0. The van der Waals surface area contributed by atoms with E-state index in [-0.39, 0.29) is 12.1 Å². The second-order valence-electron chi connectivity index (χ2n) is 4.93. The van der Waals surface area contributed by atoms with E-state index in [1.165, 1.54) is 18.2 Å². The lowest BCUT2D eigenvalue weighted by molar-refractivity contribution is -0.276. The van der Waals surface area contributed by atoms with E-state index >= 15 is 0 Å². The molecule has 1 atom stereocenters. The van der Waals surface area contributed by atoms with Crippen LogP contribution in [0.4, 0.5) is 0 Å². The van der Waals surface area contributed by atoms with E-state index in [0.717, 1.165) is 17.5 Å². The number of esters is 1. The number of benzene rings is 1. The second-order valence-corrected chi connectivity index (χ2v) is 4.93. The van der Waals surface area contributed by atoms with Crippen molar-refractivity contribution in [3.63, 3.8) is 0 Å². The molecule has 1 saturated heterocycles. The Labute approximate surface area is 113 Å². The Morgan fingerprint density at radius 2 is 2.21 bits per heavy atom. The molecule has 1 aliphatic rings. The summed E-state index contributed by atoms with van der Waals surface area (Å²) in [5.41, 5.74) is 4.70. The third-order valence-corrected chi connectivity index (χ3v) is 3.41. The quantitative estimate of drug-likeness (QED) is 0.619. The van der Waals surface area contributed by atoms with Crippen LogP contribution in [0.5, 0.6) is 0 Å². The third kappa shape index (κ3) is 3.33. The van der Waals surface area contributed by atoms with Gasteiger partial charge in [0.05, 0.1) is 13.7 Å². The van der Waals surface area contributed by atoms with Crippen molar-refractivity contribution in [2.24, 2.45) is 0 Å². The van der Waals surface area contributed by atoms with Gasteiger partial charge in [0.2, 0.25) is 0 Å². The highest BCUT2D eigenvalue weighted by atomic mass is 17.2. The fourth-order valence-corrected chi connectivity index (χ4v) is 2.60. The van der Waals surface area contributed by atoms with Gasteiger partial charge in [0.15, 0.2) is 0 Å². The van der Waals surface area contributed by atoms with Crippen LogP contribution in [0.1, 0.15) is 41.2 Å². The van der Waals surface area contributed by atoms with E-state index in [1.807, 2.05) is 0 Å². The Bertz CT molecular complexity index is 461. The number of hydrogen-bond acceptors (Lipinski definition) is 4. The van der Waals surface area contributed by atoms with E-state index < -0.39 is 0 Å². The van der Waals surface area contributed by atoms with Crippen LogP contribution >= 0.6 is 0 Å². The van der Waals surface area contributed by atoms with Gasteiger partial charge < -0.3 is 4.74 Å². The molecule has 1 unspecified atom stereocenters. The largest absolute Gasteiger partial charge is 0.469 e. The van der Waals surface area contributed by atoms with E-state index in [0.29, 0.717) is 19.4 Å². The van der Waals surface area contributed by atoms with Crippen molar-refractivity contribution in [3.8, 4) is 0 Å². The lowest BCUT2D eigenvalue weighted by atomic mass is 9.91. The molecule has 2 rings (SSSR count). The van der Waals surface area contributed by atoms with E-state index in [1.54, 1.807) is 0 Å². The predicted molar refractivity (Wildman–Crippen MR) is 70.6 cm³/mol. The Morgan fingerprint density at radius 1 is 1.42 bits per heavy atom. The molecule has 4 heteroatoms. The van der Waals surface area contributed by atoms with E-state index in [9.17, 15) is 4.79 Å². The van der Waals surface area contributed by atoms with Crippen molar-refractivity contribution in [3.05, 3.63) is 34.4 Å². The minimum atomic E-state index is -0.186. The van der Waals surface area contributed by atoms with Gasteiger partial charge in [-0.25, -0.2) is 9.78 Å². The first-order valence-corrected chi connectivity index (χ1v) is 6.57. The number of carbonyl (C=O) groups excluding carboxylic acids is 1. The first kappa shape index (κ1) is 14.0. The van der Waals surface area contributed by atoms with Crippen molar-refractivity contribution in [2.45, 2.75) is 39.2 Å². The summed E-state index contributed by atoms with van der Waals surface area (Å²) >= 11 is 0. The van der Waals surface area contributed by atoms with Crippen LogP contribution in [0.3, 0.4) is 0 Å². The lowest BCUT2D eigenvalue weighted by Crippen LogP contribution is -2.08. The van der Waals surface area contributed by atoms with E-state index in [2.05, 4.69) is 26.0 Å². The van der Waals surface area contributed by atoms with E-state index in [4.69, 9.17) is 14.5 Å². The summed E-state index contributed by atoms with van der Waals surface area (Å²) in [5.74, 6) is -0.186. The third-order valence-electron chi connectivity index (χ3n) is 3.41. The van der Waals surface area contributed by atoms with Gasteiger partial charge in [0.1, 0.15) is 6.10 Å². The summed E-state index contributed by atoms with van der Waals surface area (Å²) in [6.07, 6.45) is 1.90. The zero-order valence-electron chi connectivity index (χ0n) is 11.7. The normalized spacial score (nSPS) is 18.6.